The summed E-state index contributed by atoms with van der Waals surface area (Å²) in [5.41, 5.74) is 1.69. The fourth-order valence-electron chi connectivity index (χ4n) is 2.07. The van der Waals surface area contributed by atoms with Crippen LogP contribution in [-0.4, -0.2) is 30.0 Å². The average Bonchev–Trinajstić information content (AvgIpc) is 3.18. The lowest BCUT2D eigenvalue weighted by Crippen LogP contribution is -2.12. The number of halogens is 3. The number of aryl methyl sites for hydroxylation is 2. The Morgan fingerprint density at radius 2 is 1.28 bits per heavy atom. The molecule has 0 unspecified atom stereocenters. The molecule has 2 aromatic carbocycles. The lowest BCUT2D eigenvalue weighted by atomic mass is 10.2. The van der Waals surface area contributed by atoms with Crippen LogP contribution in [0.1, 0.15) is 24.0 Å². The Morgan fingerprint density at radius 3 is 1.59 bits per heavy atom. The highest BCUT2D eigenvalue weighted by molar-refractivity contribution is 9.10. The molecule has 3 rings (SSSR count). The average molecular weight is 592 g/mol. The minimum Gasteiger partial charge on any atom is -0.381 e. The largest absolute Gasteiger partial charge is 0.381 e. The van der Waals surface area contributed by atoms with E-state index in [1.54, 1.807) is 26.0 Å². The van der Waals surface area contributed by atoms with E-state index in [9.17, 15) is 16.8 Å². The first-order chi connectivity index (χ1) is 13.3. The number of sulfonamides is 1. The van der Waals surface area contributed by atoms with E-state index in [0.717, 1.165) is 33.3 Å². The molecule has 1 heterocycles. The summed E-state index contributed by atoms with van der Waals surface area (Å²) in [6.07, 6.45) is 2.56. The molecule has 29 heavy (non-hydrogen) atoms. The quantitative estimate of drug-likeness (QED) is 0.501. The van der Waals surface area contributed by atoms with Gasteiger partial charge in [-0.2, -0.15) is 0 Å². The van der Waals surface area contributed by atoms with Gasteiger partial charge < -0.3 is 4.74 Å². The molecule has 2 N–H and O–H groups in total. The molecular weight excluding hydrogens is 570 g/mol. The van der Waals surface area contributed by atoms with Gasteiger partial charge in [-0.3, -0.25) is 0 Å². The molecule has 0 saturated carbocycles. The second kappa shape index (κ2) is 11.8. The molecule has 1 saturated heterocycles. The summed E-state index contributed by atoms with van der Waals surface area (Å²) < 4.78 is 50.1. The van der Waals surface area contributed by atoms with E-state index in [1.807, 2.05) is 0 Å². The summed E-state index contributed by atoms with van der Waals surface area (Å²) in [6, 6.07) is 9.29. The highest BCUT2D eigenvalue weighted by Crippen LogP contribution is 2.22. The fraction of sp³-hybridized carbons (Fsp3) is 0.333. The number of benzene rings is 2. The summed E-state index contributed by atoms with van der Waals surface area (Å²) in [4.78, 5) is 0.271. The Labute approximate surface area is 193 Å². The summed E-state index contributed by atoms with van der Waals surface area (Å²) in [5, 5.41) is 4.93. The van der Waals surface area contributed by atoms with E-state index < -0.39 is 19.1 Å². The van der Waals surface area contributed by atoms with Crippen molar-refractivity contribution in [2.45, 2.75) is 36.5 Å². The second-order valence-electron chi connectivity index (χ2n) is 6.12. The van der Waals surface area contributed by atoms with Gasteiger partial charge >= 0.3 is 0 Å². The Hall–Kier alpha value is -0.490. The van der Waals surface area contributed by atoms with Gasteiger partial charge in [-0.1, -0.05) is 31.9 Å². The van der Waals surface area contributed by atoms with Gasteiger partial charge in [0, 0.05) is 32.8 Å². The number of rotatable bonds is 2. The van der Waals surface area contributed by atoms with Crippen LogP contribution in [0.25, 0.3) is 0 Å². The number of nitrogens with two attached hydrogens (primary N) is 1. The van der Waals surface area contributed by atoms with E-state index in [-0.39, 0.29) is 9.79 Å². The Morgan fingerprint density at radius 1 is 0.862 bits per heavy atom. The maximum absolute atomic E-state index is 10.9. The lowest BCUT2D eigenvalue weighted by Gasteiger charge is -2.00. The number of ether oxygens (including phenoxy) is 1. The number of hydrogen-bond donors (Lipinski definition) is 1. The predicted octanol–water partition coefficient (Wildman–Crippen LogP) is 4.89. The third-order valence-electron chi connectivity index (χ3n) is 3.70. The highest BCUT2D eigenvalue weighted by Gasteiger charge is 2.10. The van der Waals surface area contributed by atoms with Crippen LogP contribution < -0.4 is 5.14 Å². The first kappa shape index (κ1) is 26.5. The van der Waals surface area contributed by atoms with E-state index >= 15 is 0 Å². The Bertz CT molecular complexity index is 953. The van der Waals surface area contributed by atoms with Crippen molar-refractivity contribution < 1.29 is 21.6 Å². The van der Waals surface area contributed by atoms with E-state index in [1.165, 1.54) is 37.1 Å². The molecule has 0 aromatic heterocycles. The third kappa shape index (κ3) is 9.91. The molecule has 0 aliphatic carbocycles. The Balaban J connectivity index is 0.000000235. The van der Waals surface area contributed by atoms with Crippen molar-refractivity contribution >= 4 is 61.6 Å². The van der Waals surface area contributed by atoms with Gasteiger partial charge in [-0.05, 0) is 74.2 Å². The van der Waals surface area contributed by atoms with E-state index in [0.29, 0.717) is 0 Å². The predicted molar refractivity (Wildman–Crippen MR) is 122 cm³/mol. The van der Waals surface area contributed by atoms with Gasteiger partial charge in [0.25, 0.3) is 9.05 Å². The van der Waals surface area contributed by atoms with Crippen LogP contribution in [0.15, 0.2) is 55.1 Å². The van der Waals surface area contributed by atoms with Gasteiger partial charge in [-0.25, -0.2) is 22.0 Å². The normalized spacial score (nSPS) is 13.7. The number of primary sulfonamides is 1. The molecule has 0 radical (unpaired) electrons. The summed E-state index contributed by atoms with van der Waals surface area (Å²) >= 11 is 6.52. The minimum absolute atomic E-state index is 0.130. The molecule has 0 atom stereocenters. The van der Waals surface area contributed by atoms with Crippen molar-refractivity contribution in [3.63, 3.8) is 0 Å². The van der Waals surface area contributed by atoms with Crippen LogP contribution in [-0.2, 0) is 23.8 Å². The van der Waals surface area contributed by atoms with Crippen LogP contribution >= 0.6 is 42.5 Å². The third-order valence-corrected chi connectivity index (χ3v) is 7.74. The topological polar surface area (TPSA) is 104 Å². The van der Waals surface area contributed by atoms with Gasteiger partial charge in [0.2, 0.25) is 10.0 Å². The van der Waals surface area contributed by atoms with Gasteiger partial charge in [-0.15, -0.1) is 0 Å². The molecule has 162 valence electrons. The van der Waals surface area contributed by atoms with Crippen LogP contribution in [0.4, 0.5) is 0 Å². The smallest absolute Gasteiger partial charge is 0.261 e. The molecule has 0 bridgehead atoms. The SMILES string of the molecule is C1CCOC1.Cc1cc(S(=O)(=O)Cl)ccc1Br.Cc1cc(S(N)(=O)=O)ccc1Br. The van der Waals surface area contributed by atoms with Crippen LogP contribution in [0, 0.1) is 13.8 Å². The lowest BCUT2D eigenvalue weighted by molar-refractivity contribution is 0.198. The minimum atomic E-state index is -3.59. The molecule has 1 aliphatic heterocycles. The van der Waals surface area contributed by atoms with Crippen LogP contribution in [0.2, 0.25) is 0 Å². The fourth-order valence-corrected chi connectivity index (χ4v) is 4.00. The van der Waals surface area contributed by atoms with Crippen molar-refractivity contribution in [3.05, 3.63) is 56.5 Å². The van der Waals surface area contributed by atoms with Gasteiger partial charge in [0.05, 0.1) is 9.79 Å². The van der Waals surface area contributed by atoms with Crippen molar-refractivity contribution in [1.29, 1.82) is 0 Å². The maximum atomic E-state index is 10.9. The van der Waals surface area contributed by atoms with Crippen molar-refractivity contribution in [2.75, 3.05) is 13.2 Å². The molecule has 0 amide bonds. The highest BCUT2D eigenvalue weighted by atomic mass is 79.9. The first-order valence-corrected chi connectivity index (χ1v) is 13.8. The molecule has 11 heteroatoms. The molecule has 6 nitrogen and oxygen atoms in total. The maximum Gasteiger partial charge on any atom is 0.261 e. The zero-order valence-electron chi connectivity index (χ0n) is 15.9. The molecule has 2 aromatic rings. The molecule has 1 aliphatic rings. The van der Waals surface area contributed by atoms with Gasteiger partial charge in [0.15, 0.2) is 0 Å². The number of hydrogen-bond acceptors (Lipinski definition) is 5. The molecular formula is C18H22Br2ClNO5S2. The zero-order valence-corrected chi connectivity index (χ0v) is 21.4. The second-order valence-corrected chi connectivity index (χ2v) is 12.0. The standard InChI is InChI=1S/C7H6BrClO2S.C7H8BrNO2S.C4H8O/c2*1-5-4-6(12(9,10)11)2-3-7(5)8;1-2-4-5-3-1/h2-4H,1H3;2-4H,1H3,(H2,9,10,11);1-4H2. The molecule has 0 spiro atoms. The zero-order chi connectivity index (χ0) is 22.2. The van der Waals surface area contributed by atoms with Crippen molar-refractivity contribution in [3.8, 4) is 0 Å². The molecule has 1 fully saturated rings. The summed E-state index contributed by atoms with van der Waals surface area (Å²) in [5.74, 6) is 0. The van der Waals surface area contributed by atoms with Crippen LogP contribution in [0.5, 0.6) is 0 Å². The van der Waals surface area contributed by atoms with Gasteiger partial charge in [0.1, 0.15) is 0 Å². The van der Waals surface area contributed by atoms with E-state index in [4.69, 9.17) is 20.6 Å². The van der Waals surface area contributed by atoms with Crippen molar-refractivity contribution in [1.82, 2.24) is 0 Å². The monoisotopic (exact) mass is 589 g/mol. The summed E-state index contributed by atoms with van der Waals surface area (Å²) in [6.45, 7) is 5.61. The van der Waals surface area contributed by atoms with Crippen LogP contribution in [0.3, 0.4) is 0 Å². The van der Waals surface area contributed by atoms with Crippen molar-refractivity contribution in [2.24, 2.45) is 5.14 Å². The summed E-state index contributed by atoms with van der Waals surface area (Å²) in [7, 11) is -2.01. The first-order valence-electron chi connectivity index (χ1n) is 8.40. The van der Waals surface area contributed by atoms with E-state index in [2.05, 4.69) is 31.9 Å². The Kier molecular flexibility index (Phi) is 10.8.